The summed E-state index contributed by atoms with van der Waals surface area (Å²) in [5.41, 5.74) is -0.127. The highest BCUT2D eigenvalue weighted by molar-refractivity contribution is 5.82. The van der Waals surface area contributed by atoms with E-state index in [0.717, 1.165) is 38.5 Å². The molecule has 5 heteroatoms. The Hall–Kier alpha value is -0.490. The van der Waals surface area contributed by atoms with Crippen LogP contribution in [0.5, 0.6) is 0 Å². The van der Waals surface area contributed by atoms with Crippen molar-refractivity contribution in [3.63, 3.8) is 0 Å². The molecule has 35 heavy (non-hydrogen) atoms. The van der Waals surface area contributed by atoms with Gasteiger partial charge in [0, 0.05) is 12.3 Å². The maximum atomic E-state index is 13.2. The standard InChI is InChI=1S/C30H52O5/c1-16(2)17(3)27(34)28(35)18(4)20-10-11-21-19-8-7-9-24(31)23-14-25(32)26(33)15-30(23,6)22(19)12-13-29(20,21)5/h16-23,25-28,32-35H,7-15H2,1-6H3/t17-,18-,19-,20+,21-,22-,23-,25-,26+,27+,28+,29+,30+/m0/s1. The van der Waals surface area contributed by atoms with Crippen molar-refractivity contribution in [3.05, 3.63) is 0 Å². The SMILES string of the molecule is CC(C)[C@H](C)[C@@H](O)[C@H](O)[C@@H](C)[C@H]1CC[C@H]2[C@@H]3CCCC(=O)[C@@H]4C[C@H](O)[C@H](O)C[C@]4(C)[C@H]3CC[C@]12C. The molecule has 202 valence electrons. The van der Waals surface area contributed by atoms with Crippen LogP contribution < -0.4 is 0 Å². The number of rotatable bonds is 5. The van der Waals surface area contributed by atoms with Crippen LogP contribution in [0.4, 0.5) is 0 Å². The molecule has 0 aromatic rings. The quantitative estimate of drug-likeness (QED) is 0.450. The van der Waals surface area contributed by atoms with Crippen LogP contribution in [0.15, 0.2) is 0 Å². The summed E-state index contributed by atoms with van der Waals surface area (Å²) in [5.74, 6) is 2.41. The van der Waals surface area contributed by atoms with Crippen LogP contribution in [0.25, 0.3) is 0 Å². The van der Waals surface area contributed by atoms with Crippen molar-refractivity contribution in [1.29, 1.82) is 0 Å². The Bertz CT molecular complexity index is 768. The molecule has 4 saturated carbocycles. The maximum absolute atomic E-state index is 13.2. The molecule has 0 spiro atoms. The fourth-order valence-electron chi connectivity index (χ4n) is 9.66. The molecule has 0 aromatic heterocycles. The number of ketones is 1. The molecule has 0 radical (unpaired) electrons. The van der Waals surface area contributed by atoms with E-state index in [9.17, 15) is 25.2 Å². The van der Waals surface area contributed by atoms with Crippen molar-refractivity contribution in [3.8, 4) is 0 Å². The molecular formula is C30H52O5. The van der Waals surface area contributed by atoms with Gasteiger partial charge in [0.2, 0.25) is 0 Å². The minimum atomic E-state index is -0.790. The zero-order valence-electron chi connectivity index (χ0n) is 23.0. The van der Waals surface area contributed by atoms with E-state index in [1.165, 1.54) is 0 Å². The molecule has 0 bridgehead atoms. The second-order valence-electron chi connectivity index (χ2n) is 14.0. The van der Waals surface area contributed by atoms with Gasteiger partial charge in [-0.15, -0.1) is 0 Å². The van der Waals surface area contributed by atoms with Crippen LogP contribution >= 0.6 is 0 Å². The third kappa shape index (κ3) is 4.55. The van der Waals surface area contributed by atoms with Crippen LogP contribution in [-0.2, 0) is 4.79 Å². The molecule has 4 N–H and O–H groups in total. The summed E-state index contributed by atoms with van der Waals surface area (Å²) in [5, 5.41) is 43.2. The Kier molecular flexibility index (Phi) is 7.87. The monoisotopic (exact) mass is 492 g/mol. The van der Waals surface area contributed by atoms with E-state index in [0.29, 0.717) is 54.6 Å². The van der Waals surface area contributed by atoms with E-state index in [1.54, 1.807) is 0 Å². The third-order valence-corrected chi connectivity index (χ3v) is 12.2. The van der Waals surface area contributed by atoms with E-state index in [4.69, 9.17) is 0 Å². The van der Waals surface area contributed by atoms with Gasteiger partial charge in [-0.1, -0.05) is 41.5 Å². The first-order valence-electron chi connectivity index (χ1n) is 14.6. The minimum Gasteiger partial charge on any atom is -0.390 e. The van der Waals surface area contributed by atoms with Crippen molar-refractivity contribution in [2.75, 3.05) is 0 Å². The lowest BCUT2D eigenvalue weighted by molar-refractivity contribution is -0.161. The Morgan fingerprint density at radius 2 is 1.51 bits per heavy atom. The molecule has 5 nitrogen and oxygen atoms in total. The van der Waals surface area contributed by atoms with Gasteiger partial charge in [-0.25, -0.2) is 0 Å². The first-order chi connectivity index (χ1) is 16.3. The largest absolute Gasteiger partial charge is 0.390 e. The van der Waals surface area contributed by atoms with Gasteiger partial charge < -0.3 is 20.4 Å². The van der Waals surface area contributed by atoms with Gasteiger partial charge >= 0.3 is 0 Å². The molecule has 4 aliphatic rings. The minimum absolute atomic E-state index is 0.0443. The van der Waals surface area contributed by atoms with Crippen LogP contribution in [0.2, 0.25) is 0 Å². The number of aliphatic hydroxyl groups excluding tert-OH is 4. The third-order valence-electron chi connectivity index (χ3n) is 12.2. The number of hydrogen-bond acceptors (Lipinski definition) is 5. The van der Waals surface area contributed by atoms with Gasteiger partial charge in [0.15, 0.2) is 0 Å². The molecule has 0 aromatic carbocycles. The Balaban J connectivity index is 1.59. The lowest BCUT2D eigenvalue weighted by Crippen LogP contribution is -2.57. The Labute approximate surface area is 213 Å². The lowest BCUT2D eigenvalue weighted by atomic mass is 9.46. The van der Waals surface area contributed by atoms with E-state index in [-0.39, 0.29) is 28.6 Å². The van der Waals surface area contributed by atoms with Crippen molar-refractivity contribution in [2.24, 2.45) is 58.2 Å². The normalized spacial score (nSPS) is 47.6. The summed E-state index contributed by atoms with van der Waals surface area (Å²) < 4.78 is 0. The number of carbonyl (C=O) groups is 1. The molecule has 0 amide bonds. The summed E-state index contributed by atoms with van der Waals surface area (Å²) in [6, 6.07) is 0. The molecule has 4 aliphatic carbocycles. The highest BCUT2D eigenvalue weighted by atomic mass is 16.3. The second-order valence-corrected chi connectivity index (χ2v) is 14.0. The Morgan fingerprint density at radius 1 is 0.857 bits per heavy atom. The van der Waals surface area contributed by atoms with E-state index in [1.807, 2.05) is 6.92 Å². The first-order valence-corrected chi connectivity index (χ1v) is 14.6. The summed E-state index contributed by atoms with van der Waals surface area (Å²) >= 11 is 0. The van der Waals surface area contributed by atoms with E-state index in [2.05, 4.69) is 34.6 Å². The van der Waals surface area contributed by atoms with E-state index >= 15 is 0 Å². The summed E-state index contributed by atoms with van der Waals surface area (Å²) in [4.78, 5) is 13.2. The van der Waals surface area contributed by atoms with Gasteiger partial charge in [-0.2, -0.15) is 0 Å². The molecule has 0 heterocycles. The number of fused-ring (bicyclic) bond motifs is 5. The Morgan fingerprint density at radius 3 is 2.17 bits per heavy atom. The smallest absolute Gasteiger partial charge is 0.136 e. The zero-order chi connectivity index (χ0) is 25.9. The molecule has 13 atom stereocenters. The molecule has 4 fully saturated rings. The molecule has 0 aliphatic heterocycles. The summed E-state index contributed by atoms with van der Waals surface area (Å²) in [6.07, 6.45) is 4.91. The van der Waals surface area contributed by atoms with Gasteiger partial charge in [0.25, 0.3) is 0 Å². The fraction of sp³-hybridized carbons (Fsp3) is 0.967. The predicted octanol–water partition coefficient (Wildman–Crippen LogP) is 4.59. The zero-order valence-corrected chi connectivity index (χ0v) is 23.0. The maximum Gasteiger partial charge on any atom is 0.136 e. The number of carbonyl (C=O) groups excluding carboxylic acids is 1. The van der Waals surface area contributed by atoms with E-state index < -0.39 is 24.4 Å². The van der Waals surface area contributed by atoms with Crippen molar-refractivity contribution in [1.82, 2.24) is 0 Å². The van der Waals surface area contributed by atoms with Gasteiger partial charge in [0.1, 0.15) is 5.78 Å². The van der Waals surface area contributed by atoms with Gasteiger partial charge in [-0.3, -0.25) is 4.79 Å². The highest BCUT2D eigenvalue weighted by Crippen LogP contribution is 2.66. The first kappa shape index (κ1) is 27.5. The van der Waals surface area contributed by atoms with Crippen LogP contribution in [0.1, 0.15) is 99.3 Å². The number of hydrogen-bond donors (Lipinski definition) is 4. The fourth-order valence-corrected chi connectivity index (χ4v) is 9.66. The van der Waals surface area contributed by atoms with Crippen LogP contribution in [-0.4, -0.2) is 50.6 Å². The average Bonchev–Trinajstić information content (AvgIpc) is 3.15. The molecule has 4 rings (SSSR count). The molecule has 0 saturated heterocycles. The number of aliphatic hydroxyl groups is 4. The lowest BCUT2D eigenvalue weighted by Gasteiger charge is -2.59. The van der Waals surface area contributed by atoms with Gasteiger partial charge in [0.05, 0.1) is 24.4 Å². The predicted molar refractivity (Wildman–Crippen MR) is 137 cm³/mol. The highest BCUT2D eigenvalue weighted by Gasteiger charge is 2.61. The molecule has 0 unspecified atom stereocenters. The van der Waals surface area contributed by atoms with Crippen molar-refractivity contribution < 1.29 is 25.2 Å². The van der Waals surface area contributed by atoms with Gasteiger partial charge in [-0.05, 0) is 104 Å². The summed E-state index contributed by atoms with van der Waals surface area (Å²) in [6.45, 7) is 13.1. The number of Topliss-reactive ketones (excluding diaryl/α,β-unsaturated/α-hetero) is 1. The molecular weight excluding hydrogens is 440 g/mol. The topological polar surface area (TPSA) is 98.0 Å². The van der Waals surface area contributed by atoms with Crippen molar-refractivity contribution >= 4 is 5.78 Å². The average molecular weight is 493 g/mol. The van der Waals surface area contributed by atoms with Crippen molar-refractivity contribution in [2.45, 2.75) is 124 Å². The van der Waals surface area contributed by atoms with Crippen LogP contribution in [0.3, 0.4) is 0 Å². The summed E-state index contributed by atoms with van der Waals surface area (Å²) in [7, 11) is 0. The van der Waals surface area contributed by atoms with Crippen LogP contribution in [0, 0.1) is 58.2 Å². The second kappa shape index (κ2) is 10.0.